The zero-order chi connectivity index (χ0) is 18.3. The van der Waals surface area contributed by atoms with Gasteiger partial charge in [0.15, 0.2) is 11.5 Å². The number of rotatable bonds is 3. The molecule has 0 bridgehead atoms. The molecule has 130 valence electrons. The molecule has 0 amide bonds. The van der Waals surface area contributed by atoms with E-state index in [4.69, 9.17) is 18.3 Å². The van der Waals surface area contributed by atoms with Crippen molar-refractivity contribution in [1.29, 1.82) is 0 Å². The minimum Gasteiger partial charge on any atom is -0.504 e. The van der Waals surface area contributed by atoms with Crippen LogP contribution in [0.1, 0.15) is 0 Å². The van der Waals surface area contributed by atoms with Crippen molar-refractivity contribution in [3.05, 3.63) is 69.4 Å². The number of fused-ring (bicyclic) bond motifs is 2. The van der Waals surface area contributed by atoms with Crippen LogP contribution in [0.4, 0.5) is 0 Å². The molecule has 0 saturated heterocycles. The van der Waals surface area contributed by atoms with Crippen LogP contribution in [-0.2, 0) is 0 Å². The zero-order valence-electron chi connectivity index (χ0n) is 13.5. The number of phenols is 1. The third-order valence-electron chi connectivity index (χ3n) is 3.82. The summed E-state index contributed by atoms with van der Waals surface area (Å²) in [5.41, 5.74) is -0.517. The number of ether oxygens (including phenoxy) is 2. The molecule has 0 unspecified atom stereocenters. The average molecular weight is 352 g/mol. The Hall–Kier alpha value is -3.74. The van der Waals surface area contributed by atoms with Gasteiger partial charge in [-0.15, -0.1) is 0 Å². The molecule has 2 aromatic heterocycles. The van der Waals surface area contributed by atoms with Crippen molar-refractivity contribution < 1.29 is 23.4 Å². The summed E-state index contributed by atoms with van der Waals surface area (Å²) in [6.45, 7) is 0. The maximum Gasteiger partial charge on any atom is 0.379 e. The van der Waals surface area contributed by atoms with Gasteiger partial charge in [-0.2, -0.15) is 0 Å². The van der Waals surface area contributed by atoms with E-state index in [1.165, 1.54) is 31.4 Å². The molecule has 0 radical (unpaired) electrons. The fourth-order valence-corrected chi connectivity index (χ4v) is 2.59. The maximum absolute atomic E-state index is 12.1. The van der Waals surface area contributed by atoms with Crippen molar-refractivity contribution in [1.82, 2.24) is 0 Å². The molecule has 0 fully saturated rings. The Morgan fingerprint density at radius 1 is 0.846 bits per heavy atom. The Balaban J connectivity index is 1.77. The third-order valence-corrected chi connectivity index (χ3v) is 3.82. The zero-order valence-corrected chi connectivity index (χ0v) is 13.5. The van der Waals surface area contributed by atoms with E-state index in [1.807, 2.05) is 0 Å². The van der Waals surface area contributed by atoms with E-state index in [0.29, 0.717) is 22.1 Å². The van der Waals surface area contributed by atoms with E-state index in [9.17, 15) is 14.7 Å². The van der Waals surface area contributed by atoms with Gasteiger partial charge in [-0.1, -0.05) is 0 Å². The molecule has 0 aliphatic carbocycles. The molecule has 4 rings (SSSR count). The molecule has 0 saturated carbocycles. The lowest BCUT2D eigenvalue weighted by molar-refractivity contribution is 0.373. The van der Waals surface area contributed by atoms with Gasteiger partial charge >= 0.3 is 11.3 Å². The van der Waals surface area contributed by atoms with E-state index in [0.717, 1.165) is 0 Å². The normalized spacial score (nSPS) is 11.0. The highest BCUT2D eigenvalue weighted by molar-refractivity contribution is 5.82. The van der Waals surface area contributed by atoms with Crippen LogP contribution in [0.25, 0.3) is 21.9 Å². The number of benzene rings is 2. The minimum atomic E-state index is -0.693. The standard InChI is InChI=1S/C19H12O7/c1-23-16-7-11-8-17(19(22)26-15(11)9-13(16)20)24-12-3-4-14-10(6-12)2-5-18(21)25-14/h2-9,20H,1H3. The number of aromatic hydroxyl groups is 1. The molecule has 0 aliphatic rings. The van der Waals surface area contributed by atoms with E-state index in [-0.39, 0.29) is 22.8 Å². The first-order valence-electron chi connectivity index (χ1n) is 7.60. The van der Waals surface area contributed by atoms with Gasteiger partial charge in [0, 0.05) is 22.9 Å². The highest BCUT2D eigenvalue weighted by atomic mass is 16.5. The summed E-state index contributed by atoms with van der Waals surface area (Å²) >= 11 is 0. The molecule has 0 spiro atoms. The Kier molecular flexibility index (Phi) is 3.62. The van der Waals surface area contributed by atoms with Gasteiger partial charge in [-0.3, -0.25) is 0 Å². The van der Waals surface area contributed by atoms with Gasteiger partial charge in [0.1, 0.15) is 16.9 Å². The molecule has 7 nitrogen and oxygen atoms in total. The van der Waals surface area contributed by atoms with E-state index >= 15 is 0 Å². The number of methoxy groups -OCH3 is 1. The smallest absolute Gasteiger partial charge is 0.379 e. The topological polar surface area (TPSA) is 99.1 Å². The molecular formula is C19H12O7. The molecule has 0 aliphatic heterocycles. The van der Waals surface area contributed by atoms with Crippen LogP contribution in [0.5, 0.6) is 23.0 Å². The van der Waals surface area contributed by atoms with Gasteiger partial charge in [-0.05, 0) is 36.4 Å². The molecule has 7 heteroatoms. The molecular weight excluding hydrogens is 340 g/mol. The van der Waals surface area contributed by atoms with E-state index in [2.05, 4.69) is 0 Å². The Morgan fingerprint density at radius 2 is 1.65 bits per heavy atom. The summed E-state index contributed by atoms with van der Waals surface area (Å²) in [5.74, 6) is 0.469. The average Bonchev–Trinajstić information content (AvgIpc) is 2.62. The van der Waals surface area contributed by atoms with Gasteiger partial charge < -0.3 is 23.4 Å². The minimum absolute atomic E-state index is 0.0259. The Labute approximate surface area is 145 Å². The van der Waals surface area contributed by atoms with Crippen molar-refractivity contribution in [2.24, 2.45) is 0 Å². The monoisotopic (exact) mass is 352 g/mol. The molecule has 26 heavy (non-hydrogen) atoms. The largest absolute Gasteiger partial charge is 0.504 e. The molecule has 0 atom stereocenters. The predicted molar refractivity (Wildman–Crippen MR) is 93.3 cm³/mol. The lowest BCUT2D eigenvalue weighted by atomic mass is 10.2. The van der Waals surface area contributed by atoms with Gasteiger partial charge in [0.25, 0.3) is 0 Å². The highest BCUT2D eigenvalue weighted by Crippen LogP contribution is 2.32. The van der Waals surface area contributed by atoms with Crippen molar-refractivity contribution in [2.75, 3.05) is 7.11 Å². The molecule has 4 aromatic rings. The second-order valence-electron chi connectivity index (χ2n) is 5.52. The van der Waals surface area contributed by atoms with Gasteiger partial charge in [0.2, 0.25) is 5.75 Å². The lowest BCUT2D eigenvalue weighted by Crippen LogP contribution is -2.03. The lowest BCUT2D eigenvalue weighted by Gasteiger charge is -2.08. The maximum atomic E-state index is 12.1. The first-order valence-corrected chi connectivity index (χ1v) is 7.60. The summed E-state index contributed by atoms with van der Waals surface area (Å²) in [7, 11) is 1.42. The number of hydrogen-bond donors (Lipinski definition) is 1. The second kappa shape index (κ2) is 5.96. The first kappa shape index (κ1) is 15.8. The number of phenolic OH excluding ortho intramolecular Hbond substituents is 1. The quantitative estimate of drug-likeness (QED) is 0.564. The van der Waals surface area contributed by atoms with Crippen molar-refractivity contribution >= 4 is 21.9 Å². The SMILES string of the molecule is COc1cc2cc(Oc3ccc4oc(=O)ccc4c3)c(=O)oc2cc1O. The van der Waals surface area contributed by atoms with Crippen LogP contribution in [0.3, 0.4) is 0 Å². The third kappa shape index (κ3) is 2.75. The Bertz CT molecular complexity index is 1250. The summed E-state index contributed by atoms with van der Waals surface area (Å²) in [5, 5.41) is 11.0. The molecule has 2 heterocycles. The van der Waals surface area contributed by atoms with Crippen LogP contribution in [-0.4, -0.2) is 12.2 Å². The number of hydrogen-bond acceptors (Lipinski definition) is 7. The summed E-state index contributed by atoms with van der Waals surface area (Å²) in [6.07, 6.45) is 0. The summed E-state index contributed by atoms with van der Waals surface area (Å²) in [6, 6.07) is 12.0. The Morgan fingerprint density at radius 3 is 2.46 bits per heavy atom. The van der Waals surface area contributed by atoms with Gasteiger partial charge in [0.05, 0.1) is 7.11 Å². The highest BCUT2D eigenvalue weighted by Gasteiger charge is 2.12. The molecule has 1 N–H and O–H groups in total. The summed E-state index contributed by atoms with van der Waals surface area (Å²) < 4.78 is 20.9. The van der Waals surface area contributed by atoms with E-state index in [1.54, 1.807) is 24.3 Å². The van der Waals surface area contributed by atoms with Crippen LogP contribution >= 0.6 is 0 Å². The van der Waals surface area contributed by atoms with Crippen molar-refractivity contribution in [3.63, 3.8) is 0 Å². The predicted octanol–water partition coefficient (Wildman–Crippen LogP) is 3.41. The van der Waals surface area contributed by atoms with Crippen molar-refractivity contribution in [3.8, 4) is 23.0 Å². The fraction of sp³-hybridized carbons (Fsp3) is 0.0526. The van der Waals surface area contributed by atoms with Crippen LogP contribution < -0.4 is 20.7 Å². The van der Waals surface area contributed by atoms with E-state index < -0.39 is 11.3 Å². The van der Waals surface area contributed by atoms with Crippen LogP contribution in [0.15, 0.2) is 67.0 Å². The molecule has 2 aromatic carbocycles. The van der Waals surface area contributed by atoms with Gasteiger partial charge in [-0.25, -0.2) is 9.59 Å². The van der Waals surface area contributed by atoms with Crippen LogP contribution in [0, 0.1) is 0 Å². The summed E-state index contributed by atoms with van der Waals surface area (Å²) in [4.78, 5) is 23.4. The first-order chi connectivity index (χ1) is 12.5. The van der Waals surface area contributed by atoms with Crippen LogP contribution in [0.2, 0.25) is 0 Å². The van der Waals surface area contributed by atoms with Crippen molar-refractivity contribution in [2.45, 2.75) is 0 Å². The fourth-order valence-electron chi connectivity index (χ4n) is 2.59. The second-order valence-corrected chi connectivity index (χ2v) is 5.52.